The summed E-state index contributed by atoms with van der Waals surface area (Å²) in [5.41, 5.74) is 0.968. The molecule has 15 heavy (non-hydrogen) atoms. The largest absolute Gasteiger partial charge is 0.301 e. The van der Waals surface area contributed by atoms with E-state index >= 15 is 0 Å². The minimum Gasteiger partial charge on any atom is -0.301 e. The first kappa shape index (κ1) is 12.5. The Kier molecular flexibility index (Phi) is 4.16. The lowest BCUT2D eigenvalue weighted by Gasteiger charge is -2.12. The third kappa shape index (κ3) is 3.21. The summed E-state index contributed by atoms with van der Waals surface area (Å²) in [4.78, 5) is 17.0. The number of rotatable bonds is 3. The number of carbonyl (C=O) groups excluding carboxylic acids is 1. The standard InChI is InChI=1S/C10H16N2OS2/c1-5(2)8(14)9(13)12-10-11-6(3)7(4)15-10/h5,8,14H,1-4H3,(H,11,12,13). The molecule has 0 aliphatic carbocycles. The normalized spacial score (nSPS) is 12.9. The van der Waals surface area contributed by atoms with Crippen LogP contribution >= 0.6 is 24.0 Å². The van der Waals surface area contributed by atoms with Gasteiger partial charge in [0.1, 0.15) is 0 Å². The number of hydrogen-bond donors (Lipinski definition) is 2. The van der Waals surface area contributed by atoms with Crippen molar-refractivity contribution in [2.24, 2.45) is 5.92 Å². The summed E-state index contributed by atoms with van der Waals surface area (Å²) in [6.07, 6.45) is 0. The number of anilines is 1. The predicted octanol–water partition coefficient (Wildman–Crippen LogP) is 2.65. The number of carbonyl (C=O) groups is 1. The van der Waals surface area contributed by atoms with Crippen LogP contribution in [0.2, 0.25) is 0 Å². The monoisotopic (exact) mass is 244 g/mol. The fourth-order valence-corrected chi connectivity index (χ4v) is 1.89. The van der Waals surface area contributed by atoms with Gasteiger partial charge in [0, 0.05) is 4.88 Å². The number of amides is 1. The van der Waals surface area contributed by atoms with Crippen LogP contribution in [0.1, 0.15) is 24.4 Å². The lowest BCUT2D eigenvalue weighted by molar-refractivity contribution is -0.116. The molecule has 1 heterocycles. The molecule has 0 bridgehead atoms. The van der Waals surface area contributed by atoms with E-state index in [4.69, 9.17) is 0 Å². The van der Waals surface area contributed by atoms with Gasteiger partial charge < -0.3 is 5.32 Å². The SMILES string of the molecule is Cc1nc(NC(=O)C(S)C(C)C)sc1C. The Morgan fingerprint density at radius 3 is 2.47 bits per heavy atom. The molecule has 1 aromatic heterocycles. The minimum atomic E-state index is -0.283. The molecule has 1 unspecified atom stereocenters. The Morgan fingerprint density at radius 2 is 2.07 bits per heavy atom. The molecule has 3 nitrogen and oxygen atoms in total. The maximum Gasteiger partial charge on any atom is 0.239 e. The Labute approximate surface area is 99.7 Å². The lowest BCUT2D eigenvalue weighted by Crippen LogP contribution is -2.27. The van der Waals surface area contributed by atoms with Crippen LogP contribution in [-0.2, 0) is 4.79 Å². The topological polar surface area (TPSA) is 42.0 Å². The van der Waals surface area contributed by atoms with Crippen molar-refractivity contribution in [2.75, 3.05) is 5.32 Å². The number of thiol groups is 1. The van der Waals surface area contributed by atoms with Crippen LogP contribution in [0.25, 0.3) is 0 Å². The maximum atomic E-state index is 11.7. The van der Waals surface area contributed by atoms with E-state index in [2.05, 4.69) is 22.9 Å². The molecule has 1 aromatic rings. The molecule has 1 amide bonds. The van der Waals surface area contributed by atoms with Gasteiger partial charge in [0.2, 0.25) is 5.91 Å². The molecule has 84 valence electrons. The van der Waals surface area contributed by atoms with E-state index in [0.717, 1.165) is 10.6 Å². The van der Waals surface area contributed by atoms with Crippen LogP contribution in [0.4, 0.5) is 5.13 Å². The molecule has 0 radical (unpaired) electrons. The summed E-state index contributed by atoms with van der Waals surface area (Å²) in [6.45, 7) is 7.86. The molecule has 0 aliphatic heterocycles. The van der Waals surface area contributed by atoms with Crippen molar-refractivity contribution in [3.05, 3.63) is 10.6 Å². The zero-order valence-corrected chi connectivity index (χ0v) is 11.1. The van der Waals surface area contributed by atoms with Gasteiger partial charge in [0.25, 0.3) is 0 Å². The number of nitrogens with zero attached hydrogens (tertiary/aromatic N) is 1. The van der Waals surface area contributed by atoms with Gasteiger partial charge in [-0.3, -0.25) is 4.79 Å². The summed E-state index contributed by atoms with van der Waals surface area (Å²) in [5.74, 6) is 0.137. The first-order valence-electron chi connectivity index (χ1n) is 4.84. The van der Waals surface area contributed by atoms with E-state index in [1.807, 2.05) is 27.7 Å². The average Bonchev–Trinajstić information content (AvgIpc) is 2.44. The van der Waals surface area contributed by atoms with Crippen LogP contribution < -0.4 is 5.32 Å². The van der Waals surface area contributed by atoms with E-state index in [1.54, 1.807) is 0 Å². The van der Waals surface area contributed by atoms with Gasteiger partial charge >= 0.3 is 0 Å². The molecule has 0 aromatic carbocycles. The Balaban J connectivity index is 2.66. The van der Waals surface area contributed by atoms with Crippen molar-refractivity contribution >= 4 is 35.0 Å². The van der Waals surface area contributed by atoms with Gasteiger partial charge in [-0.25, -0.2) is 4.98 Å². The summed E-state index contributed by atoms with van der Waals surface area (Å²) in [7, 11) is 0. The van der Waals surface area contributed by atoms with Crippen molar-refractivity contribution in [3.8, 4) is 0 Å². The first-order chi connectivity index (χ1) is 6.91. The molecule has 5 heteroatoms. The molecule has 0 spiro atoms. The molecule has 1 N–H and O–H groups in total. The van der Waals surface area contributed by atoms with Crippen LogP contribution in [0.5, 0.6) is 0 Å². The fraction of sp³-hybridized carbons (Fsp3) is 0.600. The predicted molar refractivity (Wildman–Crippen MR) is 67.8 cm³/mol. The second-order valence-electron chi connectivity index (χ2n) is 3.84. The third-order valence-corrected chi connectivity index (χ3v) is 3.98. The van der Waals surface area contributed by atoms with Gasteiger partial charge in [-0.2, -0.15) is 12.6 Å². The van der Waals surface area contributed by atoms with E-state index in [1.165, 1.54) is 11.3 Å². The molecule has 0 fully saturated rings. The highest BCUT2D eigenvalue weighted by Crippen LogP contribution is 2.22. The van der Waals surface area contributed by atoms with Crippen molar-refractivity contribution in [2.45, 2.75) is 32.9 Å². The lowest BCUT2D eigenvalue weighted by atomic mass is 10.1. The number of thiazole rings is 1. The molecule has 0 saturated carbocycles. The molecular formula is C10H16N2OS2. The Bertz CT molecular complexity index is 341. The van der Waals surface area contributed by atoms with Crippen molar-refractivity contribution in [1.29, 1.82) is 0 Å². The molecule has 0 aliphatic rings. The Morgan fingerprint density at radius 1 is 1.47 bits per heavy atom. The van der Waals surface area contributed by atoms with Crippen molar-refractivity contribution < 1.29 is 4.79 Å². The van der Waals surface area contributed by atoms with Crippen LogP contribution in [0, 0.1) is 19.8 Å². The maximum absolute atomic E-state index is 11.7. The van der Waals surface area contributed by atoms with Gasteiger partial charge in [0.05, 0.1) is 10.9 Å². The van der Waals surface area contributed by atoms with Crippen LogP contribution in [0.15, 0.2) is 0 Å². The van der Waals surface area contributed by atoms with Crippen molar-refractivity contribution in [3.63, 3.8) is 0 Å². The zero-order chi connectivity index (χ0) is 11.6. The van der Waals surface area contributed by atoms with E-state index in [0.29, 0.717) is 5.13 Å². The molecule has 1 rings (SSSR count). The van der Waals surface area contributed by atoms with Gasteiger partial charge in [-0.15, -0.1) is 11.3 Å². The van der Waals surface area contributed by atoms with Gasteiger partial charge in [-0.1, -0.05) is 13.8 Å². The van der Waals surface area contributed by atoms with Crippen LogP contribution in [-0.4, -0.2) is 16.1 Å². The second kappa shape index (κ2) is 4.99. The summed E-state index contributed by atoms with van der Waals surface area (Å²) in [5, 5.41) is 3.16. The number of aromatic nitrogens is 1. The Hall–Kier alpha value is -0.550. The highest BCUT2D eigenvalue weighted by atomic mass is 32.1. The van der Waals surface area contributed by atoms with Gasteiger partial charge in [-0.05, 0) is 19.8 Å². The average molecular weight is 244 g/mol. The number of aryl methyl sites for hydroxylation is 2. The van der Waals surface area contributed by atoms with E-state index in [9.17, 15) is 4.79 Å². The number of nitrogens with one attached hydrogen (secondary N) is 1. The zero-order valence-electron chi connectivity index (χ0n) is 9.37. The molecular weight excluding hydrogens is 228 g/mol. The smallest absolute Gasteiger partial charge is 0.239 e. The third-order valence-electron chi connectivity index (χ3n) is 2.16. The fourth-order valence-electron chi connectivity index (χ4n) is 1.01. The quantitative estimate of drug-likeness (QED) is 0.803. The van der Waals surface area contributed by atoms with Crippen LogP contribution in [0.3, 0.4) is 0 Å². The molecule has 0 saturated heterocycles. The highest BCUT2D eigenvalue weighted by Gasteiger charge is 2.18. The first-order valence-corrected chi connectivity index (χ1v) is 6.18. The second-order valence-corrected chi connectivity index (χ2v) is 5.60. The van der Waals surface area contributed by atoms with E-state index < -0.39 is 0 Å². The highest BCUT2D eigenvalue weighted by molar-refractivity contribution is 7.81. The van der Waals surface area contributed by atoms with E-state index in [-0.39, 0.29) is 17.1 Å². The minimum absolute atomic E-state index is 0.0814. The van der Waals surface area contributed by atoms with Crippen molar-refractivity contribution in [1.82, 2.24) is 4.98 Å². The summed E-state index contributed by atoms with van der Waals surface area (Å²) < 4.78 is 0. The molecule has 1 atom stereocenters. The summed E-state index contributed by atoms with van der Waals surface area (Å²) in [6, 6.07) is 0. The van der Waals surface area contributed by atoms with Gasteiger partial charge in [0.15, 0.2) is 5.13 Å². The summed E-state index contributed by atoms with van der Waals surface area (Å²) >= 11 is 5.74. The number of hydrogen-bond acceptors (Lipinski definition) is 4.